The van der Waals surface area contributed by atoms with Gasteiger partial charge in [-0.1, -0.05) is 19.9 Å². The number of hydrogen-bond donors (Lipinski definition) is 0. The second-order valence-electron chi connectivity index (χ2n) is 2.89. The van der Waals surface area contributed by atoms with Crippen LogP contribution in [0.1, 0.15) is 19.4 Å². The van der Waals surface area contributed by atoms with E-state index in [9.17, 15) is 0 Å². The molecule has 3 heteroatoms. The van der Waals surface area contributed by atoms with Gasteiger partial charge in [0.1, 0.15) is 6.07 Å². The van der Waals surface area contributed by atoms with Gasteiger partial charge in [-0.3, -0.25) is 0 Å². The largest absolute Gasteiger partial charge is 0.192 e. The van der Waals surface area contributed by atoms with Gasteiger partial charge in [0.25, 0.3) is 0 Å². The summed E-state index contributed by atoms with van der Waals surface area (Å²) >= 11 is 5.07. The van der Waals surface area contributed by atoms with Crippen LogP contribution < -0.4 is 0 Å². The van der Waals surface area contributed by atoms with E-state index in [2.05, 4.69) is 35.8 Å². The highest BCUT2D eigenvalue weighted by Crippen LogP contribution is 2.30. The zero-order valence-corrected chi connectivity index (χ0v) is 9.95. The van der Waals surface area contributed by atoms with Crippen molar-refractivity contribution in [3.05, 3.63) is 28.2 Å². The lowest BCUT2D eigenvalue weighted by atomic mass is 10.2. The van der Waals surface area contributed by atoms with Crippen molar-refractivity contribution >= 4 is 27.7 Å². The minimum Gasteiger partial charge on any atom is -0.192 e. The predicted octanol–water partition coefficient (Wildman–Crippen LogP) is 3.82. The smallest absolute Gasteiger partial charge is 0.101 e. The lowest BCUT2D eigenvalue weighted by Crippen LogP contribution is -1.89. The molecule has 0 bridgehead atoms. The van der Waals surface area contributed by atoms with Crippen LogP contribution in [0.5, 0.6) is 0 Å². The first kappa shape index (κ1) is 10.6. The van der Waals surface area contributed by atoms with Crippen LogP contribution in [0.25, 0.3) is 0 Å². The van der Waals surface area contributed by atoms with Crippen LogP contribution in [-0.4, -0.2) is 5.25 Å². The molecule has 0 radical (unpaired) electrons. The third-order valence-corrected chi connectivity index (χ3v) is 3.18. The minimum atomic E-state index is 0.501. The standard InChI is InChI=1S/C10H10BrNS/c1-7(2)13-10-5-3-4-9(11)8(10)6-12/h3-5,7H,1-2H3. The highest BCUT2D eigenvalue weighted by molar-refractivity contribution is 9.10. The van der Waals surface area contributed by atoms with Crippen LogP contribution in [0.15, 0.2) is 27.6 Å². The molecule has 0 fully saturated rings. The van der Waals surface area contributed by atoms with Crippen LogP contribution in [0, 0.1) is 11.3 Å². The summed E-state index contributed by atoms with van der Waals surface area (Å²) < 4.78 is 0.876. The second-order valence-corrected chi connectivity index (χ2v) is 5.36. The summed E-state index contributed by atoms with van der Waals surface area (Å²) in [4.78, 5) is 1.05. The number of rotatable bonds is 2. The van der Waals surface area contributed by atoms with Crippen LogP contribution in [0.2, 0.25) is 0 Å². The molecular weight excluding hydrogens is 246 g/mol. The molecule has 0 aliphatic rings. The first-order chi connectivity index (χ1) is 6.15. The van der Waals surface area contributed by atoms with Crippen molar-refractivity contribution in [2.45, 2.75) is 24.0 Å². The molecule has 1 nitrogen and oxygen atoms in total. The fourth-order valence-electron chi connectivity index (χ4n) is 0.965. The van der Waals surface area contributed by atoms with Gasteiger partial charge in [-0.2, -0.15) is 5.26 Å². The van der Waals surface area contributed by atoms with Gasteiger partial charge in [0.05, 0.1) is 5.56 Å². The quantitative estimate of drug-likeness (QED) is 0.751. The summed E-state index contributed by atoms with van der Waals surface area (Å²) in [6.07, 6.45) is 0. The van der Waals surface area contributed by atoms with Crippen molar-refractivity contribution in [1.82, 2.24) is 0 Å². The normalized spacial score (nSPS) is 10.1. The van der Waals surface area contributed by atoms with Gasteiger partial charge in [0, 0.05) is 14.6 Å². The van der Waals surface area contributed by atoms with E-state index in [0.29, 0.717) is 5.25 Å². The SMILES string of the molecule is CC(C)Sc1cccc(Br)c1C#N. The zero-order chi connectivity index (χ0) is 9.84. The van der Waals surface area contributed by atoms with Crippen molar-refractivity contribution in [2.75, 3.05) is 0 Å². The first-order valence-electron chi connectivity index (χ1n) is 4.00. The fraction of sp³-hybridized carbons (Fsp3) is 0.300. The van der Waals surface area contributed by atoms with Gasteiger partial charge in [0.15, 0.2) is 0 Å². The molecule has 1 aromatic carbocycles. The maximum Gasteiger partial charge on any atom is 0.101 e. The van der Waals surface area contributed by atoms with Crippen LogP contribution in [0.3, 0.4) is 0 Å². The van der Waals surface area contributed by atoms with Gasteiger partial charge in [-0.05, 0) is 28.1 Å². The molecule has 68 valence electrons. The van der Waals surface area contributed by atoms with Gasteiger partial charge < -0.3 is 0 Å². The first-order valence-corrected chi connectivity index (χ1v) is 5.67. The molecule has 0 unspecified atom stereocenters. The maximum atomic E-state index is 8.92. The van der Waals surface area contributed by atoms with Crippen LogP contribution in [-0.2, 0) is 0 Å². The summed E-state index contributed by atoms with van der Waals surface area (Å²) in [5, 5.41) is 9.42. The Morgan fingerprint density at radius 1 is 1.46 bits per heavy atom. The minimum absolute atomic E-state index is 0.501. The number of thioether (sulfide) groups is 1. The van der Waals surface area contributed by atoms with E-state index in [4.69, 9.17) is 5.26 Å². The van der Waals surface area contributed by atoms with E-state index >= 15 is 0 Å². The van der Waals surface area contributed by atoms with Gasteiger partial charge in [-0.25, -0.2) is 0 Å². The van der Waals surface area contributed by atoms with E-state index in [1.54, 1.807) is 11.8 Å². The molecule has 0 saturated heterocycles. The van der Waals surface area contributed by atoms with E-state index in [1.807, 2.05) is 18.2 Å². The van der Waals surface area contributed by atoms with E-state index in [0.717, 1.165) is 14.9 Å². The molecule has 1 aromatic rings. The summed E-state index contributed by atoms with van der Waals surface area (Å²) in [5.41, 5.74) is 0.737. The topological polar surface area (TPSA) is 23.8 Å². The third kappa shape index (κ3) is 2.75. The average molecular weight is 256 g/mol. The average Bonchev–Trinajstić information content (AvgIpc) is 2.03. The Labute approximate surface area is 91.3 Å². The van der Waals surface area contributed by atoms with E-state index in [-0.39, 0.29) is 0 Å². The van der Waals surface area contributed by atoms with Crippen molar-refractivity contribution in [2.24, 2.45) is 0 Å². The lowest BCUT2D eigenvalue weighted by Gasteiger charge is -2.07. The Bertz CT molecular complexity index is 341. The third-order valence-electron chi connectivity index (χ3n) is 1.45. The molecule has 0 amide bonds. The highest BCUT2D eigenvalue weighted by atomic mass is 79.9. The second kappa shape index (κ2) is 4.69. The van der Waals surface area contributed by atoms with Crippen molar-refractivity contribution in [1.29, 1.82) is 5.26 Å². The summed E-state index contributed by atoms with van der Waals surface area (Å²) in [6, 6.07) is 8.03. The summed E-state index contributed by atoms with van der Waals surface area (Å²) in [5.74, 6) is 0. The van der Waals surface area contributed by atoms with Crippen LogP contribution >= 0.6 is 27.7 Å². The molecule has 1 rings (SSSR count). The Morgan fingerprint density at radius 3 is 2.69 bits per heavy atom. The van der Waals surface area contributed by atoms with Gasteiger partial charge >= 0.3 is 0 Å². The summed E-state index contributed by atoms with van der Waals surface area (Å²) in [6.45, 7) is 4.24. The van der Waals surface area contributed by atoms with Crippen LogP contribution in [0.4, 0.5) is 0 Å². The fourth-order valence-corrected chi connectivity index (χ4v) is 2.49. The maximum absolute atomic E-state index is 8.92. The number of benzene rings is 1. The van der Waals surface area contributed by atoms with E-state index < -0.39 is 0 Å². The Hall–Kier alpha value is -0.460. The molecule has 0 spiro atoms. The highest BCUT2D eigenvalue weighted by Gasteiger charge is 2.07. The summed E-state index contributed by atoms with van der Waals surface area (Å²) in [7, 11) is 0. The molecule has 0 aliphatic heterocycles. The van der Waals surface area contributed by atoms with Gasteiger partial charge in [-0.15, -0.1) is 11.8 Å². The molecule has 0 aromatic heterocycles. The Balaban J connectivity index is 3.07. The van der Waals surface area contributed by atoms with E-state index in [1.165, 1.54) is 0 Å². The predicted molar refractivity (Wildman–Crippen MR) is 59.9 cm³/mol. The molecule has 0 N–H and O–H groups in total. The number of nitriles is 1. The van der Waals surface area contributed by atoms with Crippen molar-refractivity contribution < 1.29 is 0 Å². The van der Waals surface area contributed by atoms with Crippen molar-refractivity contribution in [3.8, 4) is 6.07 Å². The lowest BCUT2D eigenvalue weighted by molar-refractivity contribution is 1.11. The number of nitrogens with zero attached hydrogens (tertiary/aromatic N) is 1. The molecule has 13 heavy (non-hydrogen) atoms. The monoisotopic (exact) mass is 255 g/mol. The molecule has 0 saturated carbocycles. The molecule has 0 atom stereocenters. The number of hydrogen-bond acceptors (Lipinski definition) is 2. The van der Waals surface area contributed by atoms with Gasteiger partial charge in [0.2, 0.25) is 0 Å². The number of halogens is 1. The molecular formula is C10H10BrNS. The molecule has 0 heterocycles. The van der Waals surface area contributed by atoms with Crippen molar-refractivity contribution in [3.63, 3.8) is 0 Å². The Kier molecular flexibility index (Phi) is 3.83. The molecule has 0 aliphatic carbocycles. The Morgan fingerprint density at radius 2 is 2.15 bits per heavy atom. The zero-order valence-electron chi connectivity index (χ0n) is 7.54.